The van der Waals surface area contributed by atoms with Crippen LogP contribution in [0.2, 0.25) is 0 Å². The lowest BCUT2D eigenvalue weighted by molar-refractivity contribution is -0.950. The van der Waals surface area contributed by atoms with E-state index in [1.807, 2.05) is 0 Å². The average molecular weight is 284 g/mol. The predicted molar refractivity (Wildman–Crippen MR) is 54.3 cm³/mol. The van der Waals surface area contributed by atoms with Crippen molar-refractivity contribution in [3.05, 3.63) is 0 Å². The molecule has 0 aliphatic carbocycles. The summed E-state index contributed by atoms with van der Waals surface area (Å²) in [6, 6.07) is 0.717. The first-order valence-corrected chi connectivity index (χ1v) is 5.97. The summed E-state index contributed by atoms with van der Waals surface area (Å²) in [5.74, 6) is 0. The largest absolute Gasteiger partial charge is 0.370 e. The van der Waals surface area contributed by atoms with Gasteiger partial charge in [-0.2, -0.15) is 0 Å². The molecule has 4 heteroatoms. The molecule has 0 aromatic heterocycles. The third kappa shape index (κ3) is 1.49. The number of nitrogens with zero attached hydrogens (tertiary/aromatic N) is 1. The molecule has 12 heavy (non-hydrogen) atoms. The van der Waals surface area contributed by atoms with E-state index in [1.54, 1.807) is 0 Å². The van der Waals surface area contributed by atoms with Gasteiger partial charge in [0.2, 0.25) is 0 Å². The van der Waals surface area contributed by atoms with Crippen molar-refractivity contribution in [3.63, 3.8) is 0 Å². The summed E-state index contributed by atoms with van der Waals surface area (Å²) in [5.41, 5.74) is 0. The minimum atomic E-state index is 0.717. The van der Waals surface area contributed by atoms with Crippen LogP contribution in [-0.4, -0.2) is 54.6 Å². The second-order valence-corrected chi connectivity index (χ2v) is 4.47. The molecule has 1 spiro atoms. The number of morpholine rings is 1. The second kappa shape index (κ2) is 3.77. The van der Waals surface area contributed by atoms with Crippen LogP contribution in [0.3, 0.4) is 0 Å². The van der Waals surface area contributed by atoms with Crippen molar-refractivity contribution in [2.75, 3.05) is 44.1 Å². The standard InChI is InChI=1S/C8H15INO2/c9-5-8-6-12-7-10(8)1-3-11-4-2-10/h8H,1-7H2/q+1/t8-/m0/s1. The van der Waals surface area contributed by atoms with Crippen LogP contribution >= 0.6 is 22.6 Å². The van der Waals surface area contributed by atoms with Gasteiger partial charge in [0.05, 0.1) is 17.6 Å². The number of hydrogen-bond donors (Lipinski definition) is 0. The number of alkyl halides is 1. The Hall–Kier alpha value is 0.610. The molecule has 0 unspecified atom stereocenters. The smallest absolute Gasteiger partial charge is 0.183 e. The number of halogens is 1. The Morgan fingerprint density at radius 1 is 1.25 bits per heavy atom. The van der Waals surface area contributed by atoms with Gasteiger partial charge in [-0.15, -0.1) is 0 Å². The summed E-state index contributed by atoms with van der Waals surface area (Å²) in [7, 11) is 0. The van der Waals surface area contributed by atoms with Gasteiger partial charge >= 0.3 is 0 Å². The molecule has 0 bridgehead atoms. The zero-order valence-corrected chi connectivity index (χ0v) is 9.33. The number of hydrogen-bond acceptors (Lipinski definition) is 2. The first kappa shape index (κ1) is 9.18. The molecule has 2 aliphatic rings. The lowest BCUT2D eigenvalue weighted by atomic mass is 10.2. The summed E-state index contributed by atoms with van der Waals surface area (Å²) < 4.78 is 13.3. The topological polar surface area (TPSA) is 18.5 Å². The van der Waals surface area contributed by atoms with Crippen LogP contribution < -0.4 is 0 Å². The van der Waals surface area contributed by atoms with E-state index >= 15 is 0 Å². The van der Waals surface area contributed by atoms with Gasteiger partial charge in [-0.3, -0.25) is 4.48 Å². The molecule has 0 aromatic rings. The van der Waals surface area contributed by atoms with Crippen molar-refractivity contribution in [1.82, 2.24) is 0 Å². The van der Waals surface area contributed by atoms with Gasteiger partial charge < -0.3 is 9.47 Å². The maximum atomic E-state index is 5.55. The van der Waals surface area contributed by atoms with Gasteiger partial charge in [0.1, 0.15) is 25.7 Å². The van der Waals surface area contributed by atoms with Crippen LogP contribution in [0.25, 0.3) is 0 Å². The zero-order valence-electron chi connectivity index (χ0n) is 7.17. The van der Waals surface area contributed by atoms with Gasteiger partial charge in [0.25, 0.3) is 0 Å². The Morgan fingerprint density at radius 3 is 2.67 bits per heavy atom. The van der Waals surface area contributed by atoms with Crippen molar-refractivity contribution < 1.29 is 14.0 Å². The van der Waals surface area contributed by atoms with E-state index in [4.69, 9.17) is 9.47 Å². The van der Waals surface area contributed by atoms with Crippen LogP contribution in [0.1, 0.15) is 0 Å². The third-order valence-corrected chi connectivity index (χ3v) is 3.99. The summed E-state index contributed by atoms with van der Waals surface area (Å²) >= 11 is 2.47. The molecule has 2 heterocycles. The van der Waals surface area contributed by atoms with Gasteiger partial charge in [-0.25, -0.2) is 0 Å². The molecule has 0 N–H and O–H groups in total. The van der Waals surface area contributed by atoms with Crippen molar-refractivity contribution in [2.45, 2.75) is 6.04 Å². The predicted octanol–water partition coefficient (Wildman–Crippen LogP) is 0.625. The molecule has 0 saturated carbocycles. The highest BCUT2D eigenvalue weighted by atomic mass is 127. The molecule has 70 valence electrons. The Bertz CT molecular complexity index is 159. The fourth-order valence-electron chi connectivity index (χ4n) is 2.03. The number of rotatable bonds is 1. The van der Waals surface area contributed by atoms with Crippen LogP contribution in [0.5, 0.6) is 0 Å². The van der Waals surface area contributed by atoms with E-state index < -0.39 is 0 Å². The van der Waals surface area contributed by atoms with Gasteiger partial charge in [-0.1, -0.05) is 22.6 Å². The zero-order chi connectivity index (χ0) is 8.44. The van der Waals surface area contributed by atoms with Gasteiger partial charge in [0, 0.05) is 0 Å². The Labute approximate surface area is 86.7 Å². The molecule has 2 fully saturated rings. The lowest BCUT2D eigenvalue weighted by Crippen LogP contribution is -2.58. The molecule has 0 aromatic carbocycles. The fraction of sp³-hybridized carbons (Fsp3) is 1.00. The van der Waals surface area contributed by atoms with E-state index in [9.17, 15) is 0 Å². The Morgan fingerprint density at radius 2 is 2.00 bits per heavy atom. The highest BCUT2D eigenvalue weighted by Gasteiger charge is 2.43. The molecule has 2 saturated heterocycles. The minimum absolute atomic E-state index is 0.717. The summed E-state index contributed by atoms with van der Waals surface area (Å²) in [5, 5.41) is 0. The quantitative estimate of drug-likeness (QED) is 0.399. The summed E-state index contributed by atoms with van der Waals surface area (Å²) in [6.07, 6.45) is 0. The van der Waals surface area contributed by atoms with E-state index in [2.05, 4.69) is 22.6 Å². The first-order chi connectivity index (χ1) is 5.87. The Balaban J connectivity index is 2.05. The van der Waals surface area contributed by atoms with Crippen molar-refractivity contribution in [1.29, 1.82) is 0 Å². The maximum Gasteiger partial charge on any atom is 0.183 e. The normalized spacial score (nSPS) is 34.2. The highest BCUT2D eigenvalue weighted by Crippen LogP contribution is 2.24. The minimum Gasteiger partial charge on any atom is -0.370 e. The monoisotopic (exact) mass is 284 g/mol. The average Bonchev–Trinajstić information content (AvgIpc) is 2.49. The molecular weight excluding hydrogens is 269 g/mol. The fourth-order valence-corrected chi connectivity index (χ4v) is 3.12. The SMILES string of the molecule is IC[C@H]1COC[N+]12CCOCC2. The van der Waals surface area contributed by atoms with E-state index in [0.29, 0.717) is 0 Å². The molecule has 2 rings (SSSR count). The Kier molecular flexibility index (Phi) is 2.89. The third-order valence-electron chi connectivity index (χ3n) is 2.97. The molecule has 3 nitrogen and oxygen atoms in total. The molecule has 0 amide bonds. The number of ether oxygens (including phenoxy) is 2. The first-order valence-electron chi connectivity index (χ1n) is 4.45. The second-order valence-electron chi connectivity index (χ2n) is 3.59. The van der Waals surface area contributed by atoms with Gasteiger partial charge in [0.15, 0.2) is 6.73 Å². The highest BCUT2D eigenvalue weighted by molar-refractivity contribution is 14.1. The lowest BCUT2D eigenvalue weighted by Gasteiger charge is -2.40. The summed E-state index contributed by atoms with van der Waals surface area (Å²) in [4.78, 5) is 0. The number of quaternary nitrogens is 1. The maximum absolute atomic E-state index is 5.55. The summed E-state index contributed by atoms with van der Waals surface area (Å²) in [6.45, 7) is 5.98. The van der Waals surface area contributed by atoms with E-state index in [-0.39, 0.29) is 0 Å². The van der Waals surface area contributed by atoms with Crippen LogP contribution in [0.15, 0.2) is 0 Å². The van der Waals surface area contributed by atoms with Crippen molar-refractivity contribution in [2.24, 2.45) is 0 Å². The van der Waals surface area contributed by atoms with Crippen LogP contribution in [0.4, 0.5) is 0 Å². The van der Waals surface area contributed by atoms with Crippen LogP contribution in [0, 0.1) is 0 Å². The van der Waals surface area contributed by atoms with Crippen LogP contribution in [-0.2, 0) is 9.47 Å². The van der Waals surface area contributed by atoms with E-state index in [0.717, 1.165) is 50.2 Å². The molecule has 2 aliphatic heterocycles. The van der Waals surface area contributed by atoms with Crippen molar-refractivity contribution >= 4 is 22.6 Å². The van der Waals surface area contributed by atoms with Gasteiger partial charge in [-0.05, 0) is 0 Å². The van der Waals surface area contributed by atoms with E-state index in [1.165, 1.54) is 4.43 Å². The van der Waals surface area contributed by atoms with Crippen molar-refractivity contribution in [3.8, 4) is 0 Å². The molecule has 0 radical (unpaired) electrons. The molecule has 1 atom stereocenters. The molecular formula is C8H15INO2+.